The third kappa shape index (κ3) is 4.19. The number of hydrogen-bond acceptors (Lipinski definition) is 2. The van der Waals surface area contributed by atoms with Crippen LogP contribution in [0.4, 0.5) is 10.1 Å². The van der Waals surface area contributed by atoms with Crippen molar-refractivity contribution in [3.63, 3.8) is 0 Å². The topological polar surface area (TPSA) is 49.4 Å². The Labute approximate surface area is 141 Å². The van der Waals surface area contributed by atoms with Crippen molar-refractivity contribution in [3.05, 3.63) is 65.5 Å². The van der Waals surface area contributed by atoms with Gasteiger partial charge >= 0.3 is 0 Å². The van der Waals surface area contributed by atoms with Crippen LogP contribution < -0.4 is 10.2 Å². The molecule has 2 amide bonds. The molecule has 0 aliphatic rings. The van der Waals surface area contributed by atoms with Crippen molar-refractivity contribution in [1.82, 2.24) is 5.32 Å². The second kappa shape index (κ2) is 8.24. The lowest BCUT2D eigenvalue weighted by Gasteiger charge is -2.24. The van der Waals surface area contributed by atoms with Gasteiger partial charge in [-0.2, -0.15) is 0 Å². The molecule has 0 radical (unpaired) electrons. The van der Waals surface area contributed by atoms with Crippen LogP contribution in [0.3, 0.4) is 0 Å². The van der Waals surface area contributed by atoms with Crippen LogP contribution in [0.15, 0.2) is 48.5 Å². The summed E-state index contributed by atoms with van der Waals surface area (Å²) >= 11 is 0. The number of amides is 2. The van der Waals surface area contributed by atoms with Crippen molar-refractivity contribution in [2.45, 2.75) is 20.3 Å². The summed E-state index contributed by atoms with van der Waals surface area (Å²) in [6, 6.07) is 13.5. The molecule has 126 valence electrons. The molecule has 24 heavy (non-hydrogen) atoms. The van der Waals surface area contributed by atoms with Crippen LogP contribution in [-0.4, -0.2) is 24.9 Å². The minimum absolute atomic E-state index is 0.000772. The highest BCUT2D eigenvalue weighted by Crippen LogP contribution is 2.20. The van der Waals surface area contributed by atoms with E-state index in [1.165, 1.54) is 25.1 Å². The summed E-state index contributed by atoms with van der Waals surface area (Å²) in [6.07, 6.45) is 0.807. The molecule has 0 bridgehead atoms. The van der Waals surface area contributed by atoms with E-state index in [1.54, 1.807) is 11.0 Å². The van der Waals surface area contributed by atoms with Crippen LogP contribution in [0.25, 0.3) is 0 Å². The summed E-state index contributed by atoms with van der Waals surface area (Å²) < 4.78 is 13.6. The molecule has 0 aromatic heterocycles. The fraction of sp³-hybridized carbons (Fsp3) is 0.263. The molecule has 2 rings (SSSR count). The first-order chi connectivity index (χ1) is 11.5. The zero-order valence-corrected chi connectivity index (χ0v) is 13.9. The van der Waals surface area contributed by atoms with Gasteiger partial charge in [-0.15, -0.1) is 0 Å². The van der Waals surface area contributed by atoms with Crippen LogP contribution in [0.1, 0.15) is 29.8 Å². The number of carbonyl (C=O) groups excluding carboxylic acids is 2. The van der Waals surface area contributed by atoms with E-state index in [9.17, 15) is 14.0 Å². The first-order valence-electron chi connectivity index (χ1n) is 7.93. The summed E-state index contributed by atoms with van der Waals surface area (Å²) in [4.78, 5) is 25.6. The lowest BCUT2D eigenvalue weighted by molar-refractivity contribution is -0.116. The Morgan fingerprint density at radius 1 is 1.08 bits per heavy atom. The minimum Gasteiger partial charge on any atom is -0.350 e. The van der Waals surface area contributed by atoms with Gasteiger partial charge in [0.2, 0.25) is 5.91 Å². The Balaban J connectivity index is 2.04. The first-order valence-corrected chi connectivity index (χ1v) is 7.93. The van der Waals surface area contributed by atoms with Gasteiger partial charge in [-0.25, -0.2) is 4.39 Å². The van der Waals surface area contributed by atoms with E-state index >= 15 is 0 Å². The van der Waals surface area contributed by atoms with Crippen LogP contribution in [-0.2, 0) is 11.2 Å². The van der Waals surface area contributed by atoms with Crippen molar-refractivity contribution in [2.75, 3.05) is 18.0 Å². The van der Waals surface area contributed by atoms with Crippen LogP contribution in [0.5, 0.6) is 0 Å². The number of rotatable bonds is 6. The van der Waals surface area contributed by atoms with Gasteiger partial charge < -0.3 is 10.2 Å². The van der Waals surface area contributed by atoms with E-state index in [-0.39, 0.29) is 18.0 Å². The van der Waals surface area contributed by atoms with Gasteiger partial charge in [0.05, 0.1) is 5.56 Å². The number of aryl methyl sites for hydroxylation is 1. The number of para-hydroxylation sites is 1. The average molecular weight is 328 g/mol. The Hall–Kier alpha value is -2.69. The average Bonchev–Trinajstić information content (AvgIpc) is 2.58. The molecule has 0 spiro atoms. The van der Waals surface area contributed by atoms with Crippen LogP contribution >= 0.6 is 0 Å². The van der Waals surface area contributed by atoms with E-state index in [0.717, 1.165) is 17.7 Å². The maximum atomic E-state index is 13.6. The van der Waals surface area contributed by atoms with Crippen LogP contribution in [0.2, 0.25) is 0 Å². The second-order valence-corrected chi connectivity index (χ2v) is 5.39. The van der Waals surface area contributed by atoms with Gasteiger partial charge in [0.25, 0.3) is 5.91 Å². The first kappa shape index (κ1) is 17.7. The molecule has 0 fully saturated rings. The molecule has 0 unspecified atom stereocenters. The predicted octanol–water partition coefficient (Wildman–Crippen LogP) is 3.17. The summed E-state index contributed by atoms with van der Waals surface area (Å²) in [5.41, 5.74) is 1.90. The molecule has 2 aromatic rings. The standard InChI is InChI=1S/C19H21FN2O2/c1-3-15-8-4-7-11-18(15)22(14(2)23)13-12-21-19(24)16-9-5-6-10-17(16)20/h4-11H,3,12-13H2,1-2H3,(H,21,24). The molecule has 4 nitrogen and oxygen atoms in total. The largest absolute Gasteiger partial charge is 0.350 e. The summed E-state index contributed by atoms with van der Waals surface area (Å²) in [6.45, 7) is 4.08. The highest BCUT2D eigenvalue weighted by molar-refractivity contribution is 5.95. The van der Waals surface area contributed by atoms with Gasteiger partial charge in [-0.05, 0) is 30.2 Å². The molecule has 0 saturated heterocycles. The highest BCUT2D eigenvalue weighted by atomic mass is 19.1. The number of nitrogens with one attached hydrogen (secondary N) is 1. The third-order valence-electron chi connectivity index (χ3n) is 3.78. The predicted molar refractivity (Wildman–Crippen MR) is 92.6 cm³/mol. The number of halogens is 1. The lowest BCUT2D eigenvalue weighted by atomic mass is 10.1. The minimum atomic E-state index is -0.560. The van der Waals surface area contributed by atoms with Gasteiger partial charge in [0.1, 0.15) is 5.82 Å². The Morgan fingerprint density at radius 2 is 1.75 bits per heavy atom. The van der Waals surface area contributed by atoms with E-state index in [4.69, 9.17) is 0 Å². The highest BCUT2D eigenvalue weighted by Gasteiger charge is 2.15. The van der Waals surface area contributed by atoms with Crippen molar-refractivity contribution >= 4 is 17.5 Å². The monoisotopic (exact) mass is 328 g/mol. The zero-order valence-electron chi connectivity index (χ0n) is 13.9. The van der Waals surface area contributed by atoms with E-state index in [2.05, 4.69) is 5.32 Å². The molecule has 0 atom stereocenters. The smallest absolute Gasteiger partial charge is 0.254 e. The quantitative estimate of drug-likeness (QED) is 0.885. The fourth-order valence-electron chi connectivity index (χ4n) is 2.54. The Bertz CT molecular complexity index is 731. The normalized spacial score (nSPS) is 10.3. The van der Waals surface area contributed by atoms with Crippen molar-refractivity contribution in [3.8, 4) is 0 Å². The van der Waals surface area contributed by atoms with Crippen molar-refractivity contribution in [1.29, 1.82) is 0 Å². The fourth-order valence-corrected chi connectivity index (χ4v) is 2.54. The molecular weight excluding hydrogens is 307 g/mol. The Morgan fingerprint density at radius 3 is 2.42 bits per heavy atom. The molecule has 0 aliphatic heterocycles. The Kier molecular flexibility index (Phi) is 6.07. The van der Waals surface area contributed by atoms with Gasteiger partial charge in [-0.3, -0.25) is 9.59 Å². The third-order valence-corrected chi connectivity index (χ3v) is 3.78. The van der Waals surface area contributed by atoms with E-state index < -0.39 is 11.7 Å². The van der Waals surface area contributed by atoms with Gasteiger partial charge in [-0.1, -0.05) is 37.3 Å². The molecular formula is C19H21FN2O2. The summed E-state index contributed by atoms with van der Waals surface area (Å²) in [5, 5.41) is 2.66. The number of benzene rings is 2. The molecule has 0 aliphatic carbocycles. The maximum Gasteiger partial charge on any atom is 0.254 e. The van der Waals surface area contributed by atoms with Crippen LogP contribution in [0, 0.1) is 5.82 Å². The number of anilines is 1. The molecule has 2 aromatic carbocycles. The molecule has 1 N–H and O–H groups in total. The zero-order chi connectivity index (χ0) is 17.5. The van der Waals surface area contributed by atoms with E-state index in [0.29, 0.717) is 6.54 Å². The molecule has 0 saturated carbocycles. The number of hydrogen-bond donors (Lipinski definition) is 1. The lowest BCUT2D eigenvalue weighted by Crippen LogP contribution is -2.38. The van der Waals surface area contributed by atoms with Gasteiger partial charge in [0.15, 0.2) is 0 Å². The van der Waals surface area contributed by atoms with E-state index in [1.807, 2.05) is 31.2 Å². The molecule has 0 heterocycles. The number of nitrogens with zero attached hydrogens (tertiary/aromatic N) is 1. The summed E-state index contributed by atoms with van der Waals surface area (Å²) in [5.74, 6) is -1.15. The summed E-state index contributed by atoms with van der Waals surface area (Å²) in [7, 11) is 0. The SMILES string of the molecule is CCc1ccccc1N(CCNC(=O)c1ccccc1F)C(C)=O. The second-order valence-electron chi connectivity index (χ2n) is 5.39. The van der Waals surface area contributed by atoms with Crippen molar-refractivity contribution < 1.29 is 14.0 Å². The van der Waals surface area contributed by atoms with Gasteiger partial charge in [0, 0.05) is 25.7 Å². The molecule has 5 heteroatoms. The van der Waals surface area contributed by atoms with Crippen molar-refractivity contribution in [2.24, 2.45) is 0 Å². The maximum absolute atomic E-state index is 13.6. The number of carbonyl (C=O) groups is 2.